The van der Waals surface area contributed by atoms with Crippen LogP contribution in [0.2, 0.25) is 0 Å². The van der Waals surface area contributed by atoms with Crippen molar-refractivity contribution >= 4 is 11.6 Å². The van der Waals surface area contributed by atoms with Gasteiger partial charge in [0, 0.05) is 0 Å². The summed E-state index contributed by atoms with van der Waals surface area (Å²) in [6.07, 6.45) is 0. The summed E-state index contributed by atoms with van der Waals surface area (Å²) in [6, 6.07) is 5.92. The van der Waals surface area contributed by atoms with Gasteiger partial charge in [0.25, 0.3) is 0 Å². The van der Waals surface area contributed by atoms with Gasteiger partial charge in [-0.3, -0.25) is 4.79 Å². The molecule has 0 fully saturated rings. The van der Waals surface area contributed by atoms with Crippen LogP contribution in [-0.4, -0.2) is 17.1 Å². The number of rotatable bonds is 2. The van der Waals surface area contributed by atoms with E-state index in [2.05, 4.69) is 5.32 Å². The number of hydrogen-bond donors (Lipinski definition) is 3. The molecule has 4 nitrogen and oxygen atoms in total. The fourth-order valence-corrected chi connectivity index (χ4v) is 0.826. The van der Waals surface area contributed by atoms with Crippen molar-refractivity contribution in [2.45, 2.75) is 13.0 Å². The molecule has 70 valence electrons. The van der Waals surface area contributed by atoms with E-state index in [0.29, 0.717) is 5.69 Å². The van der Waals surface area contributed by atoms with Crippen LogP contribution in [0, 0.1) is 0 Å². The molecule has 0 aromatic heterocycles. The van der Waals surface area contributed by atoms with Crippen molar-refractivity contribution in [3.8, 4) is 5.75 Å². The Balaban J connectivity index is 2.75. The molecule has 4 N–H and O–H groups in total. The van der Waals surface area contributed by atoms with Gasteiger partial charge in [-0.15, -0.1) is 0 Å². The highest BCUT2D eigenvalue weighted by Crippen LogP contribution is 2.21. The Bertz CT molecular complexity index is 310. The zero-order valence-corrected chi connectivity index (χ0v) is 7.32. The van der Waals surface area contributed by atoms with Gasteiger partial charge >= 0.3 is 0 Å². The molecule has 1 amide bonds. The fourth-order valence-electron chi connectivity index (χ4n) is 0.826. The molecule has 1 aromatic carbocycles. The van der Waals surface area contributed by atoms with Gasteiger partial charge in [0.1, 0.15) is 5.75 Å². The molecule has 0 saturated carbocycles. The number of phenolic OH excluding ortho intramolecular Hbond substituents is 1. The highest BCUT2D eigenvalue weighted by atomic mass is 16.3. The largest absolute Gasteiger partial charge is 0.506 e. The first-order valence-electron chi connectivity index (χ1n) is 3.95. The molecule has 1 rings (SSSR count). The zero-order chi connectivity index (χ0) is 9.84. The summed E-state index contributed by atoms with van der Waals surface area (Å²) in [5, 5.41) is 11.8. The van der Waals surface area contributed by atoms with Gasteiger partial charge in [0.2, 0.25) is 5.91 Å². The van der Waals surface area contributed by atoms with Gasteiger partial charge in [0.05, 0.1) is 11.7 Å². The normalized spacial score (nSPS) is 12.2. The number of benzene rings is 1. The number of nitrogens with one attached hydrogen (secondary N) is 1. The van der Waals surface area contributed by atoms with Gasteiger partial charge in [0.15, 0.2) is 0 Å². The summed E-state index contributed by atoms with van der Waals surface area (Å²) in [5.41, 5.74) is 5.72. The lowest BCUT2D eigenvalue weighted by Crippen LogP contribution is -2.32. The molecule has 0 aliphatic carbocycles. The van der Waals surface area contributed by atoms with Crippen LogP contribution in [0.25, 0.3) is 0 Å². The first-order chi connectivity index (χ1) is 6.11. The maximum atomic E-state index is 11.1. The molecule has 0 heterocycles. The van der Waals surface area contributed by atoms with E-state index in [1.807, 2.05) is 0 Å². The molecule has 0 radical (unpaired) electrons. The number of carbonyl (C=O) groups excluding carboxylic acids is 1. The Morgan fingerprint density at radius 3 is 2.69 bits per heavy atom. The van der Waals surface area contributed by atoms with Crippen LogP contribution in [0.4, 0.5) is 5.69 Å². The number of aromatic hydroxyl groups is 1. The highest BCUT2D eigenvalue weighted by molar-refractivity contribution is 5.95. The molecule has 0 unspecified atom stereocenters. The van der Waals surface area contributed by atoms with Crippen molar-refractivity contribution < 1.29 is 9.90 Å². The van der Waals surface area contributed by atoms with E-state index >= 15 is 0 Å². The first kappa shape index (κ1) is 9.54. The van der Waals surface area contributed by atoms with Gasteiger partial charge < -0.3 is 16.2 Å². The molecular formula is C9H12N2O2. The van der Waals surface area contributed by atoms with Crippen LogP contribution in [-0.2, 0) is 4.79 Å². The molecule has 0 bridgehead atoms. The van der Waals surface area contributed by atoms with Gasteiger partial charge in [-0.25, -0.2) is 0 Å². The van der Waals surface area contributed by atoms with E-state index in [1.165, 1.54) is 6.07 Å². The van der Waals surface area contributed by atoms with E-state index in [9.17, 15) is 9.90 Å². The van der Waals surface area contributed by atoms with E-state index in [-0.39, 0.29) is 11.7 Å². The van der Waals surface area contributed by atoms with Crippen molar-refractivity contribution in [1.29, 1.82) is 0 Å². The Kier molecular flexibility index (Phi) is 2.87. The topological polar surface area (TPSA) is 75.4 Å². The second-order valence-electron chi connectivity index (χ2n) is 2.80. The monoisotopic (exact) mass is 180 g/mol. The third-order valence-corrected chi connectivity index (χ3v) is 1.58. The fraction of sp³-hybridized carbons (Fsp3) is 0.222. The number of phenols is 1. The predicted molar refractivity (Wildman–Crippen MR) is 50.4 cm³/mol. The molecule has 1 aromatic rings. The van der Waals surface area contributed by atoms with Crippen LogP contribution in [0.1, 0.15) is 6.92 Å². The molecule has 0 saturated heterocycles. The summed E-state index contributed by atoms with van der Waals surface area (Å²) < 4.78 is 0. The minimum absolute atomic E-state index is 0.0384. The molecule has 4 heteroatoms. The van der Waals surface area contributed by atoms with Crippen molar-refractivity contribution in [2.75, 3.05) is 5.32 Å². The second-order valence-corrected chi connectivity index (χ2v) is 2.80. The minimum Gasteiger partial charge on any atom is -0.506 e. The molecule has 13 heavy (non-hydrogen) atoms. The Labute approximate surface area is 76.4 Å². The summed E-state index contributed by atoms with van der Waals surface area (Å²) in [7, 11) is 0. The predicted octanol–water partition coefficient (Wildman–Crippen LogP) is 0.678. The van der Waals surface area contributed by atoms with Crippen LogP contribution in [0.5, 0.6) is 5.75 Å². The summed E-state index contributed by atoms with van der Waals surface area (Å²) in [4.78, 5) is 11.1. The van der Waals surface area contributed by atoms with Crippen LogP contribution in [0.15, 0.2) is 24.3 Å². The zero-order valence-electron chi connectivity index (χ0n) is 7.32. The summed E-state index contributed by atoms with van der Waals surface area (Å²) >= 11 is 0. The van der Waals surface area contributed by atoms with Crippen LogP contribution in [0.3, 0.4) is 0 Å². The standard InChI is InChI=1S/C9H12N2O2/c1-6(10)9(13)11-7-4-2-3-5-8(7)12/h2-6,12H,10H2,1H3,(H,11,13)/t6-/m0/s1. The van der Waals surface area contributed by atoms with Crippen molar-refractivity contribution in [1.82, 2.24) is 0 Å². The van der Waals surface area contributed by atoms with Crippen LogP contribution < -0.4 is 11.1 Å². The second kappa shape index (κ2) is 3.91. The highest BCUT2D eigenvalue weighted by Gasteiger charge is 2.08. The minimum atomic E-state index is -0.584. The van der Waals surface area contributed by atoms with E-state index < -0.39 is 6.04 Å². The average Bonchev–Trinajstić information content (AvgIpc) is 2.08. The maximum Gasteiger partial charge on any atom is 0.241 e. The maximum absolute atomic E-state index is 11.1. The SMILES string of the molecule is C[C@H](N)C(=O)Nc1ccccc1O. The van der Waals surface area contributed by atoms with Gasteiger partial charge in [-0.05, 0) is 19.1 Å². The summed E-state index contributed by atoms with van der Waals surface area (Å²) in [6.45, 7) is 1.58. The lowest BCUT2D eigenvalue weighted by molar-refractivity contribution is -0.117. The molecule has 0 aliphatic heterocycles. The first-order valence-corrected chi connectivity index (χ1v) is 3.95. The van der Waals surface area contributed by atoms with Crippen molar-refractivity contribution in [3.05, 3.63) is 24.3 Å². The molecule has 0 spiro atoms. The lowest BCUT2D eigenvalue weighted by Gasteiger charge is -2.08. The third kappa shape index (κ3) is 2.45. The number of carbonyl (C=O) groups is 1. The van der Waals surface area contributed by atoms with E-state index in [1.54, 1.807) is 25.1 Å². The Morgan fingerprint density at radius 1 is 1.54 bits per heavy atom. The number of nitrogens with two attached hydrogens (primary N) is 1. The van der Waals surface area contributed by atoms with E-state index in [0.717, 1.165) is 0 Å². The quantitative estimate of drug-likeness (QED) is 0.586. The third-order valence-electron chi connectivity index (χ3n) is 1.58. The number of amides is 1. The molecule has 0 aliphatic rings. The van der Waals surface area contributed by atoms with Crippen molar-refractivity contribution in [3.63, 3.8) is 0 Å². The smallest absolute Gasteiger partial charge is 0.241 e. The lowest BCUT2D eigenvalue weighted by atomic mass is 10.2. The van der Waals surface area contributed by atoms with Crippen LogP contribution >= 0.6 is 0 Å². The number of para-hydroxylation sites is 2. The number of anilines is 1. The Morgan fingerprint density at radius 2 is 2.15 bits per heavy atom. The number of hydrogen-bond acceptors (Lipinski definition) is 3. The summed E-state index contributed by atoms with van der Waals surface area (Å²) in [5.74, 6) is -0.280. The molecule has 1 atom stereocenters. The molecular weight excluding hydrogens is 168 g/mol. The van der Waals surface area contributed by atoms with Gasteiger partial charge in [-0.2, -0.15) is 0 Å². The average molecular weight is 180 g/mol. The Hall–Kier alpha value is -1.55. The van der Waals surface area contributed by atoms with Gasteiger partial charge in [-0.1, -0.05) is 12.1 Å². The van der Waals surface area contributed by atoms with E-state index in [4.69, 9.17) is 5.73 Å². The van der Waals surface area contributed by atoms with Crippen molar-refractivity contribution in [2.24, 2.45) is 5.73 Å².